The summed E-state index contributed by atoms with van der Waals surface area (Å²) < 4.78 is 73.5. The van der Waals surface area contributed by atoms with Crippen LogP contribution in [0.25, 0.3) is 0 Å². The van der Waals surface area contributed by atoms with E-state index in [0.29, 0.717) is 0 Å². The number of halogens is 4. The van der Waals surface area contributed by atoms with Gasteiger partial charge in [-0.3, -0.25) is 0 Å². The molecule has 0 bridgehead atoms. The number of nitrogens with one attached hydrogen (secondary N) is 1. The zero-order valence-corrected chi connectivity index (χ0v) is 11.2. The zero-order valence-electron chi connectivity index (χ0n) is 10.4. The van der Waals surface area contributed by atoms with E-state index in [1.807, 2.05) is 0 Å². The molecule has 0 heterocycles. The second kappa shape index (κ2) is 6.39. The first-order valence-corrected chi connectivity index (χ1v) is 7.14. The summed E-state index contributed by atoms with van der Waals surface area (Å²) in [5.41, 5.74) is -0.150. The molecule has 0 spiro atoms. The van der Waals surface area contributed by atoms with Gasteiger partial charge in [0.1, 0.15) is 0 Å². The first-order valence-electron chi connectivity index (χ1n) is 5.49. The average molecular weight is 329 g/mol. The molecule has 1 aromatic rings. The molecule has 0 atom stereocenters. The predicted octanol–water partition coefficient (Wildman–Crippen LogP) is 1.70. The van der Waals surface area contributed by atoms with Crippen LogP contribution in [-0.2, 0) is 15.8 Å². The molecule has 0 amide bonds. The third-order valence-corrected chi connectivity index (χ3v) is 3.68. The van der Waals surface area contributed by atoms with Crippen molar-refractivity contribution >= 4 is 16.0 Å². The van der Waals surface area contributed by atoms with Crippen LogP contribution in [0.4, 0.5) is 17.6 Å². The molecule has 2 N–H and O–H groups in total. The standard InChI is InChI=1S/C11H11F4NO4S/c12-10(13)11(14,15)6-16-21(19,20)5-7-2-1-3-8(4-7)9(17)18/h1-4,10,16H,5-6H2,(H,17,18). The minimum Gasteiger partial charge on any atom is -0.478 e. The third-order valence-electron chi connectivity index (χ3n) is 2.38. The highest BCUT2D eigenvalue weighted by molar-refractivity contribution is 7.88. The van der Waals surface area contributed by atoms with Crippen LogP contribution in [0.15, 0.2) is 24.3 Å². The molecule has 0 aliphatic heterocycles. The van der Waals surface area contributed by atoms with Crippen LogP contribution in [0.5, 0.6) is 0 Å². The quantitative estimate of drug-likeness (QED) is 0.746. The second-order valence-electron chi connectivity index (χ2n) is 4.15. The number of carboxylic acids is 1. The van der Waals surface area contributed by atoms with E-state index in [0.717, 1.165) is 6.07 Å². The van der Waals surface area contributed by atoms with Crippen LogP contribution in [0.2, 0.25) is 0 Å². The summed E-state index contributed by atoms with van der Waals surface area (Å²) in [5, 5.41) is 8.73. The van der Waals surface area contributed by atoms with Crippen molar-refractivity contribution in [3.63, 3.8) is 0 Å². The summed E-state index contributed by atoms with van der Waals surface area (Å²) in [5.74, 6) is -6.56. The number of sulfonamides is 1. The van der Waals surface area contributed by atoms with Crippen molar-refractivity contribution in [1.29, 1.82) is 0 Å². The Bertz CT molecular complexity index is 618. The summed E-state index contributed by atoms with van der Waals surface area (Å²) in [6, 6.07) is 4.82. The Labute approximate surface area is 117 Å². The Morgan fingerprint density at radius 3 is 2.48 bits per heavy atom. The summed E-state index contributed by atoms with van der Waals surface area (Å²) in [6.45, 7) is -1.73. The number of carboxylic acid groups (broad SMARTS) is 1. The topological polar surface area (TPSA) is 83.5 Å². The summed E-state index contributed by atoms with van der Waals surface area (Å²) in [4.78, 5) is 10.7. The number of aromatic carboxylic acids is 1. The number of alkyl halides is 4. The van der Waals surface area contributed by atoms with Crippen molar-refractivity contribution in [2.75, 3.05) is 6.54 Å². The monoisotopic (exact) mass is 329 g/mol. The summed E-state index contributed by atoms with van der Waals surface area (Å²) in [7, 11) is -4.30. The Morgan fingerprint density at radius 2 is 1.95 bits per heavy atom. The van der Waals surface area contributed by atoms with Gasteiger partial charge in [0.05, 0.1) is 17.9 Å². The van der Waals surface area contributed by atoms with Crippen LogP contribution in [-0.4, -0.2) is 38.4 Å². The lowest BCUT2D eigenvalue weighted by Crippen LogP contribution is -2.41. The largest absolute Gasteiger partial charge is 0.478 e. The molecule has 0 aromatic heterocycles. The van der Waals surface area contributed by atoms with Crippen molar-refractivity contribution in [3.05, 3.63) is 35.4 Å². The molecule has 0 saturated carbocycles. The van der Waals surface area contributed by atoms with Crippen molar-refractivity contribution in [2.24, 2.45) is 0 Å². The maximum absolute atomic E-state index is 12.6. The first-order chi connectivity index (χ1) is 9.53. The minimum absolute atomic E-state index is 0.0303. The van der Waals surface area contributed by atoms with Gasteiger partial charge < -0.3 is 5.11 Å². The lowest BCUT2D eigenvalue weighted by atomic mass is 10.1. The summed E-state index contributed by atoms with van der Waals surface area (Å²) in [6.07, 6.45) is -3.99. The van der Waals surface area contributed by atoms with Crippen molar-refractivity contribution < 1.29 is 35.9 Å². The van der Waals surface area contributed by atoms with Crippen molar-refractivity contribution in [2.45, 2.75) is 18.1 Å². The van der Waals surface area contributed by atoms with Gasteiger partial charge in [-0.1, -0.05) is 12.1 Å². The summed E-state index contributed by atoms with van der Waals surface area (Å²) >= 11 is 0. The SMILES string of the molecule is O=C(O)c1cccc(CS(=O)(=O)NCC(F)(F)C(F)F)c1. The van der Waals surface area contributed by atoms with E-state index >= 15 is 0 Å². The number of hydrogen-bond donors (Lipinski definition) is 2. The molecule has 0 aliphatic rings. The zero-order chi connectivity index (χ0) is 16.3. The fourth-order valence-corrected chi connectivity index (χ4v) is 2.48. The van der Waals surface area contributed by atoms with Gasteiger partial charge in [0, 0.05) is 0 Å². The van der Waals surface area contributed by atoms with Gasteiger partial charge in [-0.25, -0.2) is 26.7 Å². The van der Waals surface area contributed by atoms with E-state index in [-0.39, 0.29) is 11.1 Å². The van der Waals surface area contributed by atoms with Crippen LogP contribution in [0.1, 0.15) is 15.9 Å². The molecular formula is C11H11F4NO4S. The molecule has 1 aromatic carbocycles. The third kappa shape index (κ3) is 5.31. The van der Waals surface area contributed by atoms with Gasteiger partial charge in [0.2, 0.25) is 10.0 Å². The Balaban J connectivity index is 2.77. The van der Waals surface area contributed by atoms with Crippen molar-refractivity contribution in [1.82, 2.24) is 4.72 Å². The van der Waals surface area contributed by atoms with Crippen molar-refractivity contribution in [3.8, 4) is 0 Å². The van der Waals surface area contributed by atoms with E-state index in [4.69, 9.17) is 5.11 Å². The molecule has 0 fully saturated rings. The minimum atomic E-state index is -4.48. The predicted molar refractivity (Wildman–Crippen MR) is 65.0 cm³/mol. The van der Waals surface area contributed by atoms with Crippen LogP contribution in [0, 0.1) is 0 Å². The first kappa shape index (κ1) is 17.4. The molecule has 0 aliphatic carbocycles. The average Bonchev–Trinajstić information content (AvgIpc) is 2.36. The van der Waals surface area contributed by atoms with E-state index < -0.39 is 40.6 Å². The second-order valence-corrected chi connectivity index (χ2v) is 5.95. The molecule has 0 radical (unpaired) electrons. The molecule has 21 heavy (non-hydrogen) atoms. The Morgan fingerprint density at radius 1 is 1.33 bits per heavy atom. The molecule has 10 heteroatoms. The van der Waals surface area contributed by atoms with E-state index in [1.165, 1.54) is 22.9 Å². The Kier molecular flexibility index (Phi) is 5.29. The molecule has 1 rings (SSSR count). The number of carbonyl (C=O) groups is 1. The molecule has 5 nitrogen and oxygen atoms in total. The smallest absolute Gasteiger partial charge is 0.335 e. The molecular weight excluding hydrogens is 318 g/mol. The van der Waals surface area contributed by atoms with E-state index in [1.54, 1.807) is 0 Å². The maximum Gasteiger partial charge on any atom is 0.335 e. The van der Waals surface area contributed by atoms with E-state index in [9.17, 15) is 30.8 Å². The fraction of sp³-hybridized carbons (Fsp3) is 0.364. The number of benzene rings is 1. The van der Waals surface area contributed by atoms with Gasteiger partial charge in [-0.2, -0.15) is 8.78 Å². The van der Waals surface area contributed by atoms with Crippen LogP contribution in [0.3, 0.4) is 0 Å². The highest BCUT2D eigenvalue weighted by atomic mass is 32.2. The Hall–Kier alpha value is -1.68. The van der Waals surface area contributed by atoms with Crippen LogP contribution >= 0.6 is 0 Å². The van der Waals surface area contributed by atoms with Gasteiger partial charge >= 0.3 is 18.3 Å². The lowest BCUT2D eigenvalue weighted by Gasteiger charge is -2.15. The number of hydrogen-bond acceptors (Lipinski definition) is 3. The molecule has 0 unspecified atom stereocenters. The lowest BCUT2D eigenvalue weighted by molar-refractivity contribution is -0.122. The number of rotatable bonds is 7. The molecule has 118 valence electrons. The van der Waals surface area contributed by atoms with E-state index in [2.05, 4.69) is 0 Å². The van der Waals surface area contributed by atoms with Gasteiger partial charge in [0.15, 0.2) is 0 Å². The van der Waals surface area contributed by atoms with Gasteiger partial charge in [0.25, 0.3) is 0 Å². The fourth-order valence-electron chi connectivity index (χ4n) is 1.35. The van der Waals surface area contributed by atoms with Gasteiger partial charge in [-0.15, -0.1) is 0 Å². The highest BCUT2D eigenvalue weighted by Gasteiger charge is 2.41. The van der Waals surface area contributed by atoms with Crippen LogP contribution < -0.4 is 4.72 Å². The maximum atomic E-state index is 12.6. The highest BCUT2D eigenvalue weighted by Crippen LogP contribution is 2.22. The normalized spacial score (nSPS) is 12.6. The molecule has 0 saturated heterocycles. The van der Waals surface area contributed by atoms with Gasteiger partial charge in [-0.05, 0) is 17.7 Å².